The van der Waals surface area contributed by atoms with E-state index in [2.05, 4.69) is 64.3 Å². The van der Waals surface area contributed by atoms with E-state index in [0.29, 0.717) is 12.0 Å². The molecule has 1 aliphatic heterocycles. The first-order valence-corrected chi connectivity index (χ1v) is 7.37. The SMILES string of the molecule is C=C(NCC(C)c1ccc(Br)cc1)C1CCCN1. The zero-order chi connectivity index (χ0) is 13.0. The molecule has 0 radical (unpaired) electrons. The van der Waals surface area contributed by atoms with Crippen molar-refractivity contribution in [3.05, 3.63) is 46.6 Å². The summed E-state index contributed by atoms with van der Waals surface area (Å²) in [7, 11) is 0. The largest absolute Gasteiger partial charge is 0.387 e. The van der Waals surface area contributed by atoms with Crippen molar-refractivity contribution in [3.8, 4) is 0 Å². The van der Waals surface area contributed by atoms with Crippen molar-refractivity contribution < 1.29 is 0 Å². The molecular formula is C15H21BrN2. The summed E-state index contributed by atoms with van der Waals surface area (Å²) >= 11 is 3.46. The smallest absolute Gasteiger partial charge is 0.0463 e. The van der Waals surface area contributed by atoms with E-state index in [1.807, 2.05) is 0 Å². The van der Waals surface area contributed by atoms with Gasteiger partial charge in [0.25, 0.3) is 0 Å². The molecule has 98 valence electrons. The van der Waals surface area contributed by atoms with Crippen LogP contribution < -0.4 is 10.6 Å². The van der Waals surface area contributed by atoms with Crippen LogP contribution in [0.5, 0.6) is 0 Å². The Balaban J connectivity index is 1.82. The molecule has 2 rings (SSSR count). The molecule has 1 saturated heterocycles. The van der Waals surface area contributed by atoms with Gasteiger partial charge < -0.3 is 10.6 Å². The molecule has 0 bridgehead atoms. The van der Waals surface area contributed by atoms with Gasteiger partial charge in [-0.2, -0.15) is 0 Å². The van der Waals surface area contributed by atoms with Gasteiger partial charge in [-0.05, 0) is 43.0 Å². The third-order valence-electron chi connectivity index (χ3n) is 3.56. The zero-order valence-electron chi connectivity index (χ0n) is 10.9. The van der Waals surface area contributed by atoms with Gasteiger partial charge in [-0.15, -0.1) is 0 Å². The zero-order valence-corrected chi connectivity index (χ0v) is 12.5. The lowest BCUT2D eigenvalue weighted by molar-refractivity contribution is 0.593. The summed E-state index contributed by atoms with van der Waals surface area (Å²) in [4.78, 5) is 0. The molecule has 1 aromatic carbocycles. The topological polar surface area (TPSA) is 24.1 Å². The third kappa shape index (κ3) is 3.59. The van der Waals surface area contributed by atoms with Crippen LogP contribution in [-0.2, 0) is 0 Å². The molecule has 1 aromatic rings. The van der Waals surface area contributed by atoms with Crippen molar-refractivity contribution in [2.75, 3.05) is 13.1 Å². The summed E-state index contributed by atoms with van der Waals surface area (Å²) in [6.07, 6.45) is 2.46. The van der Waals surface area contributed by atoms with Gasteiger partial charge in [0.05, 0.1) is 0 Å². The Morgan fingerprint density at radius 3 is 2.83 bits per heavy atom. The fourth-order valence-corrected chi connectivity index (χ4v) is 2.56. The fraction of sp³-hybridized carbons (Fsp3) is 0.467. The molecule has 1 heterocycles. The highest BCUT2D eigenvalue weighted by molar-refractivity contribution is 9.10. The fourth-order valence-electron chi connectivity index (χ4n) is 2.30. The van der Waals surface area contributed by atoms with Gasteiger partial charge in [-0.25, -0.2) is 0 Å². The molecule has 0 saturated carbocycles. The average Bonchev–Trinajstić information content (AvgIpc) is 2.90. The Morgan fingerprint density at radius 1 is 1.50 bits per heavy atom. The first-order valence-electron chi connectivity index (χ1n) is 6.58. The molecule has 1 aliphatic rings. The average molecular weight is 309 g/mol. The molecule has 0 spiro atoms. The van der Waals surface area contributed by atoms with E-state index in [-0.39, 0.29) is 0 Å². The molecule has 2 atom stereocenters. The summed E-state index contributed by atoms with van der Waals surface area (Å²) in [6.45, 7) is 8.44. The predicted molar refractivity (Wildman–Crippen MR) is 80.7 cm³/mol. The van der Waals surface area contributed by atoms with Gasteiger partial charge in [0.1, 0.15) is 0 Å². The van der Waals surface area contributed by atoms with Crippen molar-refractivity contribution in [3.63, 3.8) is 0 Å². The second kappa shape index (κ2) is 6.39. The maximum absolute atomic E-state index is 4.14. The molecule has 0 amide bonds. The molecule has 0 aliphatic carbocycles. The second-order valence-corrected chi connectivity index (χ2v) is 5.92. The Hall–Kier alpha value is -0.800. The Kier molecular flexibility index (Phi) is 4.84. The number of hydrogen-bond acceptors (Lipinski definition) is 2. The highest BCUT2D eigenvalue weighted by Crippen LogP contribution is 2.18. The molecule has 2 N–H and O–H groups in total. The van der Waals surface area contributed by atoms with E-state index in [4.69, 9.17) is 0 Å². The lowest BCUT2D eigenvalue weighted by Gasteiger charge is -2.19. The number of hydrogen-bond donors (Lipinski definition) is 2. The summed E-state index contributed by atoms with van der Waals surface area (Å²) in [5.74, 6) is 0.497. The summed E-state index contributed by atoms with van der Waals surface area (Å²) in [5.41, 5.74) is 2.49. The van der Waals surface area contributed by atoms with Gasteiger partial charge in [0, 0.05) is 22.8 Å². The normalized spacial score (nSPS) is 20.7. The van der Waals surface area contributed by atoms with Gasteiger partial charge in [0.2, 0.25) is 0 Å². The van der Waals surface area contributed by atoms with Crippen LogP contribution in [0.15, 0.2) is 41.0 Å². The molecule has 18 heavy (non-hydrogen) atoms. The minimum absolute atomic E-state index is 0.460. The summed E-state index contributed by atoms with van der Waals surface area (Å²) in [5, 5.41) is 6.93. The van der Waals surface area contributed by atoms with Gasteiger partial charge in [-0.3, -0.25) is 0 Å². The molecular weight excluding hydrogens is 288 g/mol. The Labute approximate surface area is 118 Å². The minimum atomic E-state index is 0.460. The quantitative estimate of drug-likeness (QED) is 0.871. The number of nitrogens with one attached hydrogen (secondary N) is 2. The van der Waals surface area contributed by atoms with Crippen LogP contribution in [0.1, 0.15) is 31.2 Å². The van der Waals surface area contributed by atoms with Crippen molar-refractivity contribution in [1.29, 1.82) is 0 Å². The molecule has 0 aromatic heterocycles. The van der Waals surface area contributed by atoms with Gasteiger partial charge in [-0.1, -0.05) is 41.6 Å². The Bertz CT molecular complexity index is 393. The minimum Gasteiger partial charge on any atom is -0.387 e. The number of benzene rings is 1. The van der Waals surface area contributed by atoms with E-state index in [0.717, 1.165) is 23.3 Å². The van der Waals surface area contributed by atoms with Crippen LogP contribution in [0.2, 0.25) is 0 Å². The molecule has 1 fully saturated rings. The van der Waals surface area contributed by atoms with Crippen LogP contribution in [0.4, 0.5) is 0 Å². The van der Waals surface area contributed by atoms with Crippen LogP contribution in [0.25, 0.3) is 0 Å². The Morgan fingerprint density at radius 2 is 2.22 bits per heavy atom. The highest BCUT2D eigenvalue weighted by atomic mass is 79.9. The third-order valence-corrected chi connectivity index (χ3v) is 4.08. The summed E-state index contributed by atoms with van der Waals surface area (Å²) in [6, 6.07) is 9.00. The molecule has 3 heteroatoms. The van der Waals surface area contributed by atoms with Crippen LogP contribution in [0.3, 0.4) is 0 Å². The maximum Gasteiger partial charge on any atom is 0.0463 e. The summed E-state index contributed by atoms with van der Waals surface area (Å²) < 4.78 is 1.13. The highest BCUT2D eigenvalue weighted by Gasteiger charge is 2.17. The first-order chi connectivity index (χ1) is 8.66. The lowest BCUT2D eigenvalue weighted by Crippen LogP contribution is -2.32. The van der Waals surface area contributed by atoms with E-state index >= 15 is 0 Å². The molecule has 2 unspecified atom stereocenters. The monoisotopic (exact) mass is 308 g/mol. The number of halogens is 1. The van der Waals surface area contributed by atoms with Crippen LogP contribution >= 0.6 is 15.9 Å². The standard InChI is InChI=1S/C15H21BrN2/c1-11(13-5-7-14(16)8-6-13)10-18-12(2)15-4-3-9-17-15/h5-8,11,15,17-18H,2-4,9-10H2,1H3. The second-order valence-electron chi connectivity index (χ2n) is 5.01. The van der Waals surface area contributed by atoms with Crippen molar-refractivity contribution >= 4 is 15.9 Å². The molecule has 2 nitrogen and oxygen atoms in total. The van der Waals surface area contributed by atoms with Crippen molar-refractivity contribution in [1.82, 2.24) is 10.6 Å². The van der Waals surface area contributed by atoms with Gasteiger partial charge >= 0.3 is 0 Å². The van der Waals surface area contributed by atoms with Crippen LogP contribution in [-0.4, -0.2) is 19.1 Å². The van der Waals surface area contributed by atoms with E-state index in [1.165, 1.54) is 18.4 Å². The first kappa shape index (κ1) is 13.6. The van der Waals surface area contributed by atoms with Gasteiger partial charge in [0.15, 0.2) is 0 Å². The van der Waals surface area contributed by atoms with Crippen LogP contribution in [0, 0.1) is 0 Å². The number of rotatable bonds is 5. The van der Waals surface area contributed by atoms with E-state index in [9.17, 15) is 0 Å². The lowest BCUT2D eigenvalue weighted by atomic mass is 10.0. The van der Waals surface area contributed by atoms with E-state index in [1.54, 1.807) is 0 Å². The van der Waals surface area contributed by atoms with Crippen molar-refractivity contribution in [2.24, 2.45) is 0 Å². The van der Waals surface area contributed by atoms with E-state index < -0.39 is 0 Å². The maximum atomic E-state index is 4.14. The van der Waals surface area contributed by atoms with Crippen molar-refractivity contribution in [2.45, 2.75) is 31.7 Å². The predicted octanol–water partition coefficient (Wildman–Crippen LogP) is 3.41.